The second-order valence-electron chi connectivity index (χ2n) is 6.60. The second kappa shape index (κ2) is 10.6. The highest BCUT2D eigenvalue weighted by Gasteiger charge is 2.59. The van der Waals surface area contributed by atoms with Gasteiger partial charge in [-0.15, -0.1) is 0 Å². The summed E-state index contributed by atoms with van der Waals surface area (Å²) in [7, 11) is 0. The number of hydrogen-bond acceptors (Lipinski definition) is 11. The molecular formula is C18H25NO11. The molecule has 1 aliphatic carbocycles. The molecule has 0 aromatic heterocycles. The van der Waals surface area contributed by atoms with Crippen molar-refractivity contribution in [1.29, 1.82) is 0 Å². The van der Waals surface area contributed by atoms with E-state index in [0.717, 1.165) is 41.5 Å². The van der Waals surface area contributed by atoms with Crippen molar-refractivity contribution < 1.29 is 52.5 Å². The number of hydrogen-bond donors (Lipinski definition) is 1. The summed E-state index contributed by atoms with van der Waals surface area (Å²) in [5.41, 5.74) is 0. The summed E-state index contributed by atoms with van der Waals surface area (Å²) in [5.74, 6) is -4.74. The van der Waals surface area contributed by atoms with Gasteiger partial charge in [0.1, 0.15) is 6.04 Å². The smallest absolute Gasteiger partial charge is 0.303 e. The van der Waals surface area contributed by atoms with E-state index in [0.29, 0.717) is 0 Å². The normalized spacial score (nSPS) is 27.8. The molecular weight excluding hydrogens is 406 g/mol. The van der Waals surface area contributed by atoms with Crippen LogP contribution in [-0.4, -0.2) is 72.3 Å². The zero-order valence-electron chi connectivity index (χ0n) is 17.5. The largest absolute Gasteiger partial charge is 0.456 e. The molecule has 1 rings (SSSR count). The number of rotatable bonds is 6. The minimum atomic E-state index is -1.51. The van der Waals surface area contributed by atoms with Gasteiger partial charge in [-0.1, -0.05) is 0 Å². The highest BCUT2D eigenvalue weighted by atomic mass is 16.6. The van der Waals surface area contributed by atoms with Crippen LogP contribution in [0.4, 0.5) is 0 Å². The fourth-order valence-corrected chi connectivity index (χ4v) is 3.20. The standard InChI is InChI=1S/C18H25NO11/c1-7(20)19-13-14(26-8(2)21)16(28-10(4)23)18(30-12(6)25)17(29-11(5)24)15(13)27-9(3)22/h13-18H,1-6H3,(H,19,20). The molecule has 12 heteroatoms. The van der Waals surface area contributed by atoms with Gasteiger partial charge in [-0.2, -0.15) is 0 Å². The first kappa shape index (κ1) is 24.9. The molecule has 168 valence electrons. The van der Waals surface area contributed by atoms with Gasteiger partial charge in [0.05, 0.1) is 0 Å². The molecule has 1 amide bonds. The van der Waals surface area contributed by atoms with Gasteiger partial charge in [0.25, 0.3) is 0 Å². The second-order valence-corrected chi connectivity index (χ2v) is 6.60. The van der Waals surface area contributed by atoms with Crippen molar-refractivity contribution in [2.24, 2.45) is 0 Å². The Morgan fingerprint density at radius 2 is 0.700 bits per heavy atom. The molecule has 0 bridgehead atoms. The molecule has 0 radical (unpaired) electrons. The van der Waals surface area contributed by atoms with Crippen molar-refractivity contribution >= 4 is 35.8 Å². The van der Waals surface area contributed by atoms with Crippen molar-refractivity contribution in [3.8, 4) is 0 Å². The third-order valence-corrected chi connectivity index (χ3v) is 3.88. The Balaban J connectivity index is 3.66. The Morgan fingerprint density at radius 3 is 0.933 bits per heavy atom. The Kier molecular flexibility index (Phi) is 8.75. The molecule has 30 heavy (non-hydrogen) atoms. The first-order valence-corrected chi connectivity index (χ1v) is 8.96. The van der Waals surface area contributed by atoms with Crippen LogP contribution < -0.4 is 5.32 Å². The lowest BCUT2D eigenvalue weighted by Gasteiger charge is -2.47. The lowest BCUT2D eigenvalue weighted by Crippen LogP contribution is -2.71. The summed E-state index contributed by atoms with van der Waals surface area (Å²) in [4.78, 5) is 70.3. The summed E-state index contributed by atoms with van der Waals surface area (Å²) in [6, 6.07) is -1.30. The van der Waals surface area contributed by atoms with Gasteiger partial charge in [0.15, 0.2) is 30.5 Å². The van der Waals surface area contributed by atoms with Crippen LogP contribution in [0.1, 0.15) is 41.5 Å². The van der Waals surface area contributed by atoms with Crippen LogP contribution in [0.3, 0.4) is 0 Å². The van der Waals surface area contributed by atoms with Gasteiger partial charge in [0.2, 0.25) is 5.91 Å². The van der Waals surface area contributed by atoms with E-state index in [9.17, 15) is 28.8 Å². The van der Waals surface area contributed by atoms with Crippen LogP contribution in [0.25, 0.3) is 0 Å². The molecule has 4 unspecified atom stereocenters. The molecule has 0 heterocycles. The van der Waals surface area contributed by atoms with Crippen LogP contribution in [0.2, 0.25) is 0 Å². The molecule has 1 aliphatic rings. The van der Waals surface area contributed by atoms with Crippen molar-refractivity contribution in [3.63, 3.8) is 0 Å². The molecule has 0 saturated heterocycles. The zero-order valence-corrected chi connectivity index (χ0v) is 17.5. The van der Waals surface area contributed by atoms with Gasteiger partial charge in [0, 0.05) is 41.5 Å². The van der Waals surface area contributed by atoms with E-state index < -0.39 is 72.3 Å². The Bertz CT molecular complexity index is 552. The van der Waals surface area contributed by atoms with E-state index >= 15 is 0 Å². The van der Waals surface area contributed by atoms with E-state index in [1.54, 1.807) is 0 Å². The topological polar surface area (TPSA) is 161 Å². The Morgan fingerprint density at radius 1 is 0.467 bits per heavy atom. The van der Waals surface area contributed by atoms with Gasteiger partial charge in [-0.3, -0.25) is 28.8 Å². The monoisotopic (exact) mass is 431 g/mol. The highest BCUT2D eigenvalue weighted by molar-refractivity contribution is 5.74. The number of nitrogens with one attached hydrogen (secondary N) is 1. The lowest BCUT2D eigenvalue weighted by atomic mass is 9.82. The molecule has 1 N–H and O–H groups in total. The van der Waals surface area contributed by atoms with Crippen molar-refractivity contribution in [2.45, 2.75) is 78.1 Å². The summed E-state index contributed by atoms with van der Waals surface area (Å²) in [6.07, 6.45) is -7.34. The number of esters is 5. The minimum Gasteiger partial charge on any atom is -0.456 e. The van der Waals surface area contributed by atoms with Crippen molar-refractivity contribution in [3.05, 3.63) is 0 Å². The quantitative estimate of drug-likeness (QED) is 0.412. The maximum Gasteiger partial charge on any atom is 0.303 e. The van der Waals surface area contributed by atoms with E-state index in [1.165, 1.54) is 0 Å². The Hall–Kier alpha value is -3.18. The van der Waals surface area contributed by atoms with E-state index in [2.05, 4.69) is 5.32 Å². The SMILES string of the molecule is CC(=O)NC1C(OC(C)=O)C(OC(C)=O)C(OC(C)=O)C(OC(C)=O)C1OC(C)=O. The minimum absolute atomic E-state index is 0.608. The molecule has 0 spiro atoms. The van der Waals surface area contributed by atoms with Gasteiger partial charge >= 0.3 is 29.8 Å². The lowest BCUT2D eigenvalue weighted by molar-refractivity contribution is -0.237. The molecule has 0 aromatic carbocycles. The maximum absolute atomic E-state index is 11.8. The summed E-state index contributed by atoms with van der Waals surface area (Å²) in [6.45, 7) is 6.45. The first-order chi connectivity index (χ1) is 13.8. The highest BCUT2D eigenvalue weighted by Crippen LogP contribution is 2.33. The van der Waals surface area contributed by atoms with Crippen LogP contribution in [0, 0.1) is 0 Å². The average molecular weight is 431 g/mol. The average Bonchev–Trinajstić information content (AvgIpc) is 2.55. The molecule has 1 fully saturated rings. The summed E-state index contributed by atoms with van der Waals surface area (Å²) >= 11 is 0. The fraction of sp³-hybridized carbons (Fsp3) is 0.667. The predicted molar refractivity (Wildman–Crippen MR) is 95.4 cm³/mol. The summed E-state index contributed by atoms with van der Waals surface area (Å²) in [5, 5.41) is 2.46. The number of amides is 1. The van der Waals surface area contributed by atoms with E-state index in [4.69, 9.17) is 23.7 Å². The van der Waals surface area contributed by atoms with Gasteiger partial charge < -0.3 is 29.0 Å². The van der Waals surface area contributed by atoms with Crippen LogP contribution in [0.15, 0.2) is 0 Å². The number of ether oxygens (including phenoxy) is 5. The molecule has 0 aromatic rings. The molecule has 12 nitrogen and oxygen atoms in total. The molecule has 1 saturated carbocycles. The summed E-state index contributed by atoms with van der Waals surface area (Å²) < 4.78 is 26.1. The first-order valence-electron chi connectivity index (χ1n) is 8.96. The van der Waals surface area contributed by atoms with Crippen LogP contribution in [0.5, 0.6) is 0 Å². The number of carbonyl (C=O) groups excluding carboxylic acids is 6. The van der Waals surface area contributed by atoms with Gasteiger partial charge in [-0.05, 0) is 0 Å². The van der Waals surface area contributed by atoms with E-state index in [1.807, 2.05) is 0 Å². The predicted octanol–water partition coefficient (Wildman–Crippen LogP) is -0.837. The number of carbonyl (C=O) groups is 6. The van der Waals surface area contributed by atoms with Crippen molar-refractivity contribution in [1.82, 2.24) is 5.32 Å². The molecule has 0 aliphatic heterocycles. The fourth-order valence-electron chi connectivity index (χ4n) is 3.20. The van der Waals surface area contributed by atoms with Crippen LogP contribution in [-0.2, 0) is 52.5 Å². The zero-order chi connectivity index (χ0) is 23.2. The maximum atomic E-state index is 11.8. The Labute approximate surface area is 172 Å². The van der Waals surface area contributed by atoms with E-state index in [-0.39, 0.29) is 0 Å². The van der Waals surface area contributed by atoms with Gasteiger partial charge in [-0.25, -0.2) is 0 Å². The van der Waals surface area contributed by atoms with Crippen molar-refractivity contribution in [2.75, 3.05) is 0 Å². The molecule has 4 atom stereocenters. The third-order valence-electron chi connectivity index (χ3n) is 3.88. The third kappa shape index (κ3) is 7.01. The van der Waals surface area contributed by atoms with Crippen LogP contribution >= 0.6 is 0 Å².